The largest absolute Gasteiger partial charge is 0.393 e. The van der Waals surface area contributed by atoms with Gasteiger partial charge in [0.2, 0.25) is 0 Å². The van der Waals surface area contributed by atoms with Crippen LogP contribution in [0.4, 0.5) is 0 Å². The van der Waals surface area contributed by atoms with Crippen LogP contribution in [-0.4, -0.2) is 31.9 Å². The Hall–Kier alpha value is -1.47. The minimum atomic E-state index is -3.64. The summed E-state index contributed by atoms with van der Waals surface area (Å²) in [6.07, 6.45) is 0. The van der Waals surface area contributed by atoms with Crippen molar-refractivity contribution in [2.24, 2.45) is 11.1 Å². The molecule has 138 valence electrons. The van der Waals surface area contributed by atoms with Crippen molar-refractivity contribution in [1.82, 2.24) is 0 Å². The van der Waals surface area contributed by atoms with Gasteiger partial charge in [-0.05, 0) is 36.8 Å². The molecule has 1 aliphatic rings. The van der Waals surface area contributed by atoms with Crippen molar-refractivity contribution in [2.75, 3.05) is 13.2 Å². The van der Waals surface area contributed by atoms with Crippen molar-refractivity contribution in [2.45, 2.75) is 23.0 Å². The molecule has 0 heterocycles. The van der Waals surface area contributed by atoms with E-state index < -0.39 is 20.5 Å². The molecule has 3 rings (SSSR count). The highest BCUT2D eigenvalue weighted by molar-refractivity contribution is 7.92. The summed E-state index contributed by atoms with van der Waals surface area (Å²) in [7, 11) is -3.64. The highest BCUT2D eigenvalue weighted by atomic mass is 35.5. The first-order valence-corrected chi connectivity index (χ1v) is 10.6. The van der Waals surface area contributed by atoms with Gasteiger partial charge in [0.05, 0.1) is 27.2 Å². The number of rotatable bonds is 7. The summed E-state index contributed by atoms with van der Waals surface area (Å²) in [5, 5.41) is -0.176. The maximum Gasteiger partial charge on any atom is 0.182 e. The third kappa shape index (κ3) is 3.16. The first-order chi connectivity index (χ1) is 12.4. The Labute approximate surface area is 164 Å². The van der Waals surface area contributed by atoms with Crippen LogP contribution in [0.5, 0.6) is 0 Å². The van der Waals surface area contributed by atoms with Gasteiger partial charge in [0.1, 0.15) is 0 Å². The lowest BCUT2D eigenvalue weighted by atomic mass is 10.00. The molecule has 2 aromatic carbocycles. The quantitative estimate of drug-likeness (QED) is 0.707. The summed E-state index contributed by atoms with van der Waals surface area (Å²) in [5.41, 5.74) is 5.97. The van der Waals surface area contributed by atoms with Gasteiger partial charge < -0.3 is 10.5 Å². The van der Waals surface area contributed by atoms with Crippen LogP contribution < -0.4 is 5.73 Å². The van der Waals surface area contributed by atoms with Crippen LogP contribution >= 0.6 is 23.8 Å². The molecule has 0 radical (unpaired) electrons. The molecule has 2 aromatic rings. The summed E-state index contributed by atoms with van der Waals surface area (Å²) in [5.74, 6) is -0.367. The minimum absolute atomic E-state index is 0.162. The van der Waals surface area contributed by atoms with Crippen LogP contribution in [0, 0.1) is 5.41 Å². The number of hydrogen-bond donors (Lipinski definition) is 1. The summed E-state index contributed by atoms with van der Waals surface area (Å²) in [6, 6.07) is 15.5. The predicted molar refractivity (Wildman–Crippen MR) is 107 cm³/mol. The smallest absolute Gasteiger partial charge is 0.182 e. The van der Waals surface area contributed by atoms with Crippen LogP contribution in [0.15, 0.2) is 59.5 Å². The van der Waals surface area contributed by atoms with Crippen molar-refractivity contribution in [3.05, 3.63) is 65.2 Å². The summed E-state index contributed by atoms with van der Waals surface area (Å²) >= 11 is 11.3. The summed E-state index contributed by atoms with van der Waals surface area (Å²) in [6.45, 7) is 2.48. The molecular formula is C19H20ClNO3S2. The van der Waals surface area contributed by atoms with Gasteiger partial charge in [-0.3, -0.25) is 0 Å². The topological polar surface area (TPSA) is 69.4 Å². The van der Waals surface area contributed by atoms with E-state index in [1.165, 1.54) is 0 Å². The van der Waals surface area contributed by atoms with Crippen molar-refractivity contribution in [3.63, 3.8) is 0 Å². The van der Waals surface area contributed by atoms with Crippen LogP contribution in [0.25, 0.3) is 0 Å². The fourth-order valence-electron chi connectivity index (χ4n) is 3.57. The van der Waals surface area contributed by atoms with Crippen molar-refractivity contribution < 1.29 is 13.2 Å². The second-order valence-corrected chi connectivity index (χ2v) is 9.30. The highest BCUT2D eigenvalue weighted by Gasteiger charge is 2.73. The molecule has 2 N–H and O–H groups in total. The molecule has 0 bridgehead atoms. The normalized spacial score (nSPS) is 25.0. The number of benzene rings is 2. The molecule has 0 aliphatic heterocycles. The zero-order chi connectivity index (χ0) is 18.9. The average molecular weight is 410 g/mol. The van der Waals surface area contributed by atoms with Gasteiger partial charge in [-0.25, -0.2) is 8.42 Å². The Kier molecular flexibility index (Phi) is 5.40. The van der Waals surface area contributed by atoms with Gasteiger partial charge in [-0.1, -0.05) is 54.2 Å². The second-order valence-electron chi connectivity index (χ2n) is 6.35. The molecule has 3 atom stereocenters. The molecule has 4 nitrogen and oxygen atoms in total. The van der Waals surface area contributed by atoms with E-state index in [-0.39, 0.29) is 22.4 Å². The molecule has 0 unspecified atom stereocenters. The van der Waals surface area contributed by atoms with Crippen LogP contribution in [0.2, 0.25) is 5.02 Å². The van der Waals surface area contributed by atoms with E-state index in [0.29, 0.717) is 11.6 Å². The Morgan fingerprint density at radius 3 is 2.35 bits per heavy atom. The van der Waals surface area contributed by atoms with E-state index in [0.717, 1.165) is 5.56 Å². The third-order valence-electron chi connectivity index (χ3n) is 4.90. The number of nitrogens with two attached hydrogens (primary N) is 1. The zero-order valence-corrected chi connectivity index (χ0v) is 16.7. The van der Waals surface area contributed by atoms with Gasteiger partial charge in [0.25, 0.3) is 0 Å². The lowest BCUT2D eigenvalue weighted by molar-refractivity contribution is 0.121. The Bertz CT molecular complexity index is 900. The molecule has 0 spiro atoms. The molecule has 7 heteroatoms. The molecule has 0 saturated heterocycles. The molecule has 0 aromatic heterocycles. The number of sulfone groups is 1. The monoisotopic (exact) mass is 409 g/mol. The molecule has 1 aliphatic carbocycles. The van der Waals surface area contributed by atoms with Gasteiger partial charge in [-0.15, -0.1) is 0 Å². The van der Waals surface area contributed by atoms with Gasteiger partial charge in [0, 0.05) is 17.5 Å². The Balaban J connectivity index is 2.10. The number of thiocarbonyl (C=S) groups is 1. The molecule has 1 saturated carbocycles. The summed E-state index contributed by atoms with van der Waals surface area (Å²) in [4.78, 5) is 0.425. The maximum atomic E-state index is 13.3. The second kappa shape index (κ2) is 7.27. The zero-order valence-electron chi connectivity index (χ0n) is 14.3. The highest BCUT2D eigenvalue weighted by Crippen LogP contribution is 2.64. The fourth-order valence-corrected chi connectivity index (χ4v) is 6.49. The first kappa shape index (κ1) is 19.3. The first-order valence-electron chi connectivity index (χ1n) is 8.27. The van der Waals surface area contributed by atoms with E-state index in [9.17, 15) is 8.42 Å². The number of ether oxygens (including phenoxy) is 1. The van der Waals surface area contributed by atoms with E-state index in [1.54, 1.807) is 42.5 Å². The molecule has 1 fully saturated rings. The van der Waals surface area contributed by atoms with Crippen molar-refractivity contribution in [1.29, 1.82) is 0 Å². The molecule has 0 amide bonds. The summed E-state index contributed by atoms with van der Waals surface area (Å²) < 4.78 is 32.3. The fraction of sp³-hybridized carbons (Fsp3) is 0.316. The third-order valence-corrected chi connectivity index (χ3v) is 7.82. The van der Waals surface area contributed by atoms with Crippen LogP contribution in [-0.2, 0) is 14.6 Å². The minimum Gasteiger partial charge on any atom is -0.393 e. The Morgan fingerprint density at radius 2 is 1.81 bits per heavy atom. The maximum absolute atomic E-state index is 13.3. The number of hydrogen-bond acceptors (Lipinski definition) is 4. The van der Waals surface area contributed by atoms with Gasteiger partial charge in [-0.2, -0.15) is 0 Å². The molecule has 26 heavy (non-hydrogen) atoms. The van der Waals surface area contributed by atoms with Crippen molar-refractivity contribution >= 4 is 38.6 Å². The Morgan fingerprint density at radius 1 is 1.19 bits per heavy atom. The van der Waals surface area contributed by atoms with E-state index >= 15 is 0 Å². The average Bonchev–Trinajstić information content (AvgIpc) is 3.33. The van der Waals surface area contributed by atoms with E-state index in [1.807, 2.05) is 19.1 Å². The van der Waals surface area contributed by atoms with Crippen molar-refractivity contribution in [3.8, 4) is 0 Å². The van der Waals surface area contributed by atoms with Gasteiger partial charge >= 0.3 is 0 Å². The van der Waals surface area contributed by atoms with Gasteiger partial charge in [0.15, 0.2) is 9.84 Å². The van der Waals surface area contributed by atoms with E-state index in [4.69, 9.17) is 34.3 Å². The number of halogens is 1. The standard InChI is InChI=1S/C19H20ClNO3S2/c1-2-24-12-19(18(21)25)16(13-8-10-14(20)11-9-13)17(19)26(22,23)15-6-4-3-5-7-15/h3-11,16-17H,2,12H2,1H3,(H2,21,25)/t16-,17-,19-/m0/s1. The molecular weight excluding hydrogens is 390 g/mol. The lowest BCUT2D eigenvalue weighted by Gasteiger charge is -2.17. The lowest BCUT2D eigenvalue weighted by Crippen LogP contribution is -2.33. The van der Waals surface area contributed by atoms with Crippen LogP contribution in [0.1, 0.15) is 18.4 Å². The SMILES string of the molecule is CCOC[C@]1(C(N)=S)[C@@H](c2ccc(Cl)cc2)[C@@H]1S(=O)(=O)c1ccccc1. The van der Waals surface area contributed by atoms with Crippen LogP contribution in [0.3, 0.4) is 0 Å². The predicted octanol–water partition coefficient (Wildman–Crippen LogP) is 3.59. The van der Waals surface area contributed by atoms with E-state index in [2.05, 4.69) is 0 Å².